The van der Waals surface area contributed by atoms with Gasteiger partial charge < -0.3 is 21.1 Å². The number of carbonyl (C=O) groups is 2. The number of aryl methyl sites for hydroxylation is 1. The minimum atomic E-state index is -3.70. The largest absolute Gasteiger partial charge is 0.390 e. The number of aliphatic hydroxyl groups excluding tert-OH is 1. The van der Waals surface area contributed by atoms with E-state index in [0.29, 0.717) is 6.42 Å². The maximum Gasteiger partial charge on any atom is 0.251 e. The number of hydrogen-bond acceptors (Lipinski definition) is 6. The molecule has 2 amide bonds. The molecule has 4 aromatic carbocycles. The van der Waals surface area contributed by atoms with Crippen LogP contribution in [0.25, 0.3) is 0 Å². The van der Waals surface area contributed by atoms with Gasteiger partial charge in [-0.3, -0.25) is 13.9 Å². The molecule has 9 nitrogen and oxygen atoms in total. The summed E-state index contributed by atoms with van der Waals surface area (Å²) < 4.78 is 25.9. The van der Waals surface area contributed by atoms with Gasteiger partial charge in [0.1, 0.15) is 0 Å². The van der Waals surface area contributed by atoms with Gasteiger partial charge in [0.05, 0.1) is 30.1 Å². The van der Waals surface area contributed by atoms with E-state index in [-0.39, 0.29) is 35.4 Å². The fourth-order valence-corrected chi connectivity index (χ4v) is 5.66. The van der Waals surface area contributed by atoms with Gasteiger partial charge in [-0.15, -0.1) is 0 Å². The molecule has 0 saturated heterocycles. The fourth-order valence-electron chi connectivity index (χ4n) is 5.17. The Balaban J connectivity index is 1.59. The molecule has 0 aliphatic carbocycles. The molecule has 4 atom stereocenters. The van der Waals surface area contributed by atoms with Gasteiger partial charge in [-0.1, -0.05) is 90.5 Å². The maximum absolute atomic E-state index is 13.8. The number of anilines is 1. The Morgan fingerprint density at radius 2 is 1.30 bits per heavy atom. The second kappa shape index (κ2) is 15.9. The second-order valence-corrected chi connectivity index (χ2v) is 14.0. The first-order chi connectivity index (χ1) is 22.3. The van der Waals surface area contributed by atoms with Gasteiger partial charge >= 0.3 is 0 Å². The number of carbonyl (C=O) groups excluding carboxylic acids is 2. The van der Waals surface area contributed by atoms with Crippen molar-refractivity contribution in [1.82, 2.24) is 16.0 Å². The summed E-state index contributed by atoms with van der Waals surface area (Å²) in [6.45, 7) is 6.08. The zero-order chi connectivity index (χ0) is 34.1. The molecule has 10 heteroatoms. The summed E-state index contributed by atoms with van der Waals surface area (Å²) in [6.07, 6.45) is 0.427. The van der Waals surface area contributed by atoms with Crippen LogP contribution in [0, 0.1) is 6.92 Å². The summed E-state index contributed by atoms with van der Waals surface area (Å²) in [5.74, 6) is -1.01. The molecule has 0 aliphatic heterocycles. The second-order valence-electron chi connectivity index (χ2n) is 12.0. The van der Waals surface area contributed by atoms with E-state index in [4.69, 9.17) is 0 Å². The summed E-state index contributed by atoms with van der Waals surface area (Å²) in [7, 11) is -2.34. The first-order valence-electron chi connectivity index (χ1n) is 15.6. The Bertz CT molecular complexity index is 1750. The Morgan fingerprint density at radius 3 is 1.87 bits per heavy atom. The van der Waals surface area contributed by atoms with Crippen molar-refractivity contribution in [2.75, 3.05) is 24.2 Å². The summed E-state index contributed by atoms with van der Waals surface area (Å²) >= 11 is 0. The molecule has 0 spiro atoms. The Labute approximate surface area is 278 Å². The van der Waals surface area contributed by atoms with Crippen molar-refractivity contribution in [2.24, 2.45) is 0 Å². The molecule has 0 heterocycles. The minimum absolute atomic E-state index is 0.0408. The molecule has 47 heavy (non-hydrogen) atoms. The first kappa shape index (κ1) is 35.3. The zero-order valence-corrected chi connectivity index (χ0v) is 28.3. The zero-order valence-electron chi connectivity index (χ0n) is 27.5. The van der Waals surface area contributed by atoms with Gasteiger partial charge in [-0.25, -0.2) is 8.42 Å². The van der Waals surface area contributed by atoms with Gasteiger partial charge in [0.15, 0.2) is 0 Å². The van der Waals surface area contributed by atoms with E-state index in [1.807, 2.05) is 106 Å². The van der Waals surface area contributed by atoms with E-state index in [2.05, 4.69) is 16.0 Å². The number of aliphatic hydroxyl groups is 1. The summed E-state index contributed by atoms with van der Waals surface area (Å²) in [4.78, 5) is 27.3. The normalized spacial score (nSPS) is 14.0. The van der Waals surface area contributed by atoms with Crippen LogP contribution in [0.15, 0.2) is 103 Å². The van der Waals surface area contributed by atoms with Crippen molar-refractivity contribution in [3.63, 3.8) is 0 Å². The molecule has 4 rings (SSSR count). The summed E-state index contributed by atoms with van der Waals surface area (Å²) in [6, 6.07) is 30.3. The smallest absolute Gasteiger partial charge is 0.251 e. The van der Waals surface area contributed by atoms with Crippen molar-refractivity contribution in [3.8, 4) is 0 Å². The van der Waals surface area contributed by atoms with Crippen LogP contribution in [0.3, 0.4) is 0 Å². The lowest BCUT2D eigenvalue weighted by molar-refractivity contribution is 0.0825. The van der Waals surface area contributed by atoms with Gasteiger partial charge in [0.25, 0.3) is 11.8 Å². The van der Waals surface area contributed by atoms with Gasteiger partial charge in [0.2, 0.25) is 10.0 Å². The lowest BCUT2D eigenvalue weighted by atomic mass is 9.99. The molecule has 0 aliphatic rings. The van der Waals surface area contributed by atoms with Gasteiger partial charge in [-0.05, 0) is 62.1 Å². The van der Waals surface area contributed by atoms with E-state index in [1.165, 1.54) is 25.2 Å². The molecule has 4 aromatic rings. The van der Waals surface area contributed by atoms with Crippen molar-refractivity contribution in [1.29, 1.82) is 0 Å². The van der Waals surface area contributed by atoms with Crippen LogP contribution in [0.4, 0.5) is 5.69 Å². The van der Waals surface area contributed by atoms with Gasteiger partial charge in [0, 0.05) is 30.8 Å². The van der Waals surface area contributed by atoms with Crippen LogP contribution < -0.4 is 20.3 Å². The summed E-state index contributed by atoms with van der Waals surface area (Å²) in [5, 5.41) is 20.6. The van der Waals surface area contributed by atoms with Gasteiger partial charge in [-0.2, -0.15) is 0 Å². The third-order valence-electron chi connectivity index (χ3n) is 8.24. The molecular formula is C37H44N4O5S. The molecule has 4 N–H and O–H groups in total. The number of benzene rings is 4. The number of rotatable bonds is 14. The molecule has 0 unspecified atom stereocenters. The van der Waals surface area contributed by atoms with Crippen molar-refractivity contribution >= 4 is 27.5 Å². The number of nitrogens with zero attached hydrogens (tertiary/aromatic N) is 1. The van der Waals surface area contributed by atoms with Crippen LogP contribution >= 0.6 is 0 Å². The van der Waals surface area contributed by atoms with E-state index in [9.17, 15) is 23.1 Å². The Kier molecular flexibility index (Phi) is 11.9. The molecule has 0 saturated carbocycles. The quantitative estimate of drug-likeness (QED) is 0.152. The molecular weight excluding hydrogens is 612 g/mol. The fraction of sp³-hybridized carbons (Fsp3) is 0.297. The molecule has 0 radical (unpaired) electrons. The van der Waals surface area contributed by atoms with E-state index >= 15 is 0 Å². The predicted octanol–water partition coefficient (Wildman–Crippen LogP) is 4.93. The highest BCUT2D eigenvalue weighted by Crippen LogP contribution is 2.23. The van der Waals surface area contributed by atoms with Crippen LogP contribution in [0.5, 0.6) is 0 Å². The predicted molar refractivity (Wildman–Crippen MR) is 187 cm³/mol. The topological polar surface area (TPSA) is 128 Å². The Hall–Kier alpha value is -4.51. The number of amides is 2. The van der Waals surface area contributed by atoms with E-state index < -0.39 is 34.0 Å². The standard InChI is InChI=1S/C37H44N4O5S/c1-25-16-18-30(19-17-25)26(2)38-24-35(42)34(20-28-12-8-6-9-13-28)40-37(44)32-21-31(22-33(23-32)41(4)47(5,45)46)36(43)39-27(3)29-14-10-7-11-15-29/h6-19,21-23,26-27,34-35,38,42H,20,24H2,1-5H3,(H,39,43)(H,40,44)/t26-,27+,34+,35-/m1/s1. The molecule has 0 fully saturated rings. The average molecular weight is 657 g/mol. The van der Waals surface area contributed by atoms with Crippen molar-refractivity contribution < 1.29 is 23.1 Å². The lowest BCUT2D eigenvalue weighted by Gasteiger charge is -2.27. The van der Waals surface area contributed by atoms with Crippen LogP contribution in [-0.2, 0) is 16.4 Å². The highest BCUT2D eigenvalue weighted by molar-refractivity contribution is 7.92. The summed E-state index contributed by atoms with van der Waals surface area (Å²) in [5.41, 5.74) is 4.42. The van der Waals surface area contributed by atoms with Crippen LogP contribution in [0.1, 0.15) is 68.9 Å². The number of sulfonamides is 1. The third kappa shape index (κ3) is 9.99. The third-order valence-corrected chi connectivity index (χ3v) is 9.45. The number of hydrogen-bond donors (Lipinski definition) is 4. The van der Waals surface area contributed by atoms with Crippen LogP contribution in [-0.4, -0.2) is 57.3 Å². The SMILES string of the molecule is Cc1ccc([C@@H](C)NC[C@@H](O)[C@H](Cc2ccccc2)NC(=O)c2cc(C(=O)N[C@@H](C)c3ccccc3)cc(N(C)S(C)(=O)=O)c2)cc1. The first-order valence-corrected chi connectivity index (χ1v) is 17.4. The van der Waals surface area contributed by atoms with E-state index in [1.54, 1.807) is 0 Å². The highest BCUT2D eigenvalue weighted by atomic mass is 32.2. The average Bonchev–Trinajstić information content (AvgIpc) is 3.06. The Morgan fingerprint density at radius 1 is 0.766 bits per heavy atom. The van der Waals surface area contributed by atoms with E-state index in [0.717, 1.165) is 32.8 Å². The monoisotopic (exact) mass is 656 g/mol. The maximum atomic E-state index is 13.8. The molecule has 248 valence electrons. The molecule has 0 bridgehead atoms. The lowest BCUT2D eigenvalue weighted by Crippen LogP contribution is -2.49. The highest BCUT2D eigenvalue weighted by Gasteiger charge is 2.25. The van der Waals surface area contributed by atoms with Crippen molar-refractivity contribution in [3.05, 3.63) is 137 Å². The van der Waals surface area contributed by atoms with Crippen molar-refractivity contribution in [2.45, 2.75) is 51.4 Å². The molecule has 0 aromatic heterocycles. The minimum Gasteiger partial charge on any atom is -0.390 e. The van der Waals surface area contributed by atoms with Crippen LogP contribution in [0.2, 0.25) is 0 Å². The number of nitrogens with one attached hydrogen (secondary N) is 3.